The molecule has 0 aliphatic rings. The van der Waals surface area contributed by atoms with E-state index >= 15 is 0 Å². The Bertz CT molecular complexity index is 571. The van der Waals surface area contributed by atoms with E-state index < -0.39 is 5.97 Å². The smallest absolute Gasteiger partial charge is 0.374 e. The van der Waals surface area contributed by atoms with Crippen LogP contribution in [0.2, 0.25) is 5.15 Å². The molecule has 0 atom stereocenters. The molecule has 1 N–H and O–H groups in total. The van der Waals surface area contributed by atoms with Crippen LogP contribution in [0.1, 0.15) is 10.6 Å². The lowest BCUT2D eigenvalue weighted by atomic mass is 10.2. The number of hydrogen-bond donors (Lipinski definition) is 1. The summed E-state index contributed by atoms with van der Waals surface area (Å²) in [6, 6.07) is 5.11. The molecule has 82 valence electrons. The molecule has 0 spiro atoms. The predicted molar refractivity (Wildman–Crippen MR) is 58.1 cm³/mol. The molecule has 16 heavy (non-hydrogen) atoms. The van der Waals surface area contributed by atoms with Gasteiger partial charge in [-0.05, 0) is 12.1 Å². The van der Waals surface area contributed by atoms with E-state index in [0.29, 0.717) is 16.7 Å². The number of carbonyl (C=O) groups is 1. The second kappa shape index (κ2) is 3.94. The summed E-state index contributed by atoms with van der Waals surface area (Å²) in [5.74, 6) is -1.11. The van der Waals surface area contributed by atoms with Crippen LogP contribution in [-0.2, 0) is 0 Å². The molecule has 0 radical (unpaired) electrons. The summed E-state index contributed by atoms with van der Waals surface area (Å²) in [4.78, 5) is 18.3. The van der Waals surface area contributed by atoms with Gasteiger partial charge in [-0.25, -0.2) is 14.8 Å². The van der Waals surface area contributed by atoms with Gasteiger partial charge >= 0.3 is 5.97 Å². The first-order valence-corrected chi connectivity index (χ1v) is 4.75. The van der Waals surface area contributed by atoms with Gasteiger partial charge in [0.15, 0.2) is 0 Å². The van der Waals surface area contributed by atoms with E-state index in [0.717, 1.165) is 0 Å². The van der Waals surface area contributed by atoms with Crippen LogP contribution in [0.4, 0.5) is 0 Å². The van der Waals surface area contributed by atoms with Gasteiger partial charge in [-0.2, -0.15) is 0 Å². The van der Waals surface area contributed by atoms with Gasteiger partial charge < -0.3 is 9.84 Å². The number of ether oxygens (including phenoxy) is 1. The van der Waals surface area contributed by atoms with Crippen molar-refractivity contribution in [1.29, 1.82) is 0 Å². The van der Waals surface area contributed by atoms with Crippen LogP contribution in [0, 0.1) is 0 Å². The second-order valence-electron chi connectivity index (χ2n) is 3.00. The number of halogens is 1. The molecule has 1 aromatic heterocycles. The molecule has 0 amide bonds. The fourth-order valence-corrected chi connectivity index (χ4v) is 1.58. The summed E-state index contributed by atoms with van der Waals surface area (Å²) in [5, 5.41) is 9.47. The number of rotatable bonds is 2. The second-order valence-corrected chi connectivity index (χ2v) is 3.36. The number of carboxylic acids is 1. The molecule has 1 heterocycles. The highest BCUT2D eigenvalue weighted by Crippen LogP contribution is 2.27. The van der Waals surface area contributed by atoms with Crippen LogP contribution in [0.15, 0.2) is 18.2 Å². The maximum atomic E-state index is 10.8. The summed E-state index contributed by atoms with van der Waals surface area (Å²) >= 11 is 5.87. The third-order valence-corrected chi connectivity index (χ3v) is 2.34. The lowest BCUT2D eigenvalue weighted by Gasteiger charge is -2.05. The number of methoxy groups -OCH3 is 1. The van der Waals surface area contributed by atoms with Crippen molar-refractivity contribution in [3.63, 3.8) is 0 Å². The maximum Gasteiger partial charge on any atom is 0.374 e. The number of para-hydroxylation sites is 1. The first kappa shape index (κ1) is 10.6. The van der Waals surface area contributed by atoms with E-state index in [1.165, 1.54) is 7.11 Å². The van der Waals surface area contributed by atoms with Crippen molar-refractivity contribution in [2.45, 2.75) is 0 Å². The topological polar surface area (TPSA) is 72.3 Å². The minimum absolute atomic E-state index is 0.0984. The Morgan fingerprint density at radius 1 is 1.44 bits per heavy atom. The summed E-state index contributed by atoms with van der Waals surface area (Å²) in [6.07, 6.45) is 0. The number of hydrogen-bond acceptors (Lipinski definition) is 4. The average Bonchev–Trinajstić information content (AvgIpc) is 2.28. The molecule has 2 rings (SSSR count). The fraction of sp³-hybridized carbons (Fsp3) is 0.100. The fourth-order valence-electron chi connectivity index (χ4n) is 1.35. The molecule has 0 aliphatic carbocycles. The van der Waals surface area contributed by atoms with Crippen LogP contribution in [0.3, 0.4) is 0 Å². The van der Waals surface area contributed by atoms with E-state index in [1.54, 1.807) is 18.2 Å². The van der Waals surface area contributed by atoms with E-state index in [1.807, 2.05) is 0 Å². The summed E-state index contributed by atoms with van der Waals surface area (Å²) in [7, 11) is 1.48. The Labute approximate surface area is 95.7 Å². The number of benzene rings is 1. The molecule has 0 saturated heterocycles. The van der Waals surface area contributed by atoms with Crippen LogP contribution in [-0.4, -0.2) is 28.2 Å². The minimum atomic E-state index is -1.23. The maximum absolute atomic E-state index is 10.8. The summed E-state index contributed by atoms with van der Waals surface area (Å²) in [6.45, 7) is 0. The monoisotopic (exact) mass is 238 g/mol. The standard InChI is InChI=1S/C10H7ClN2O3/c1-16-6-4-2-3-5-7(6)12-9(10(14)15)13-8(5)11/h2-4H,1H3,(H,14,15). The number of fused-ring (bicyclic) bond motifs is 1. The summed E-state index contributed by atoms with van der Waals surface area (Å²) in [5.41, 5.74) is 0.391. The normalized spacial score (nSPS) is 10.4. The van der Waals surface area contributed by atoms with Crippen LogP contribution < -0.4 is 4.74 Å². The zero-order chi connectivity index (χ0) is 11.7. The van der Waals surface area contributed by atoms with Gasteiger partial charge in [-0.3, -0.25) is 0 Å². The summed E-state index contributed by atoms with van der Waals surface area (Å²) < 4.78 is 5.08. The molecular weight excluding hydrogens is 232 g/mol. The molecule has 5 nitrogen and oxygen atoms in total. The first-order chi connectivity index (χ1) is 7.63. The van der Waals surface area contributed by atoms with Crippen molar-refractivity contribution in [3.8, 4) is 5.75 Å². The number of aromatic carboxylic acids is 1. The van der Waals surface area contributed by atoms with E-state index in [-0.39, 0.29) is 11.0 Å². The SMILES string of the molecule is COc1cccc2c(Cl)nc(C(=O)O)nc12. The zero-order valence-corrected chi connectivity index (χ0v) is 9.02. The van der Waals surface area contributed by atoms with Gasteiger partial charge in [0.25, 0.3) is 0 Å². The lowest BCUT2D eigenvalue weighted by Crippen LogP contribution is -2.05. The predicted octanol–water partition coefficient (Wildman–Crippen LogP) is 1.99. The molecule has 6 heteroatoms. The molecular formula is C10H7ClN2O3. The average molecular weight is 239 g/mol. The Morgan fingerprint density at radius 3 is 2.81 bits per heavy atom. The Kier molecular flexibility index (Phi) is 2.62. The molecule has 0 saturated carbocycles. The van der Waals surface area contributed by atoms with Crippen LogP contribution in [0.5, 0.6) is 5.75 Å². The highest BCUT2D eigenvalue weighted by molar-refractivity contribution is 6.34. The van der Waals surface area contributed by atoms with Gasteiger partial charge in [0.05, 0.1) is 7.11 Å². The van der Waals surface area contributed by atoms with Gasteiger partial charge in [-0.15, -0.1) is 0 Å². The Hall–Kier alpha value is -1.88. The van der Waals surface area contributed by atoms with E-state index in [9.17, 15) is 4.79 Å². The number of aromatic nitrogens is 2. The van der Waals surface area contributed by atoms with Crippen molar-refractivity contribution >= 4 is 28.5 Å². The highest BCUT2D eigenvalue weighted by atomic mass is 35.5. The Morgan fingerprint density at radius 2 is 2.19 bits per heavy atom. The Balaban J connectivity index is 2.82. The molecule has 0 aliphatic heterocycles. The van der Waals surface area contributed by atoms with Gasteiger partial charge in [0.2, 0.25) is 5.82 Å². The van der Waals surface area contributed by atoms with E-state index in [2.05, 4.69) is 9.97 Å². The van der Waals surface area contributed by atoms with Gasteiger partial charge in [0, 0.05) is 5.39 Å². The van der Waals surface area contributed by atoms with Crippen molar-refractivity contribution in [3.05, 3.63) is 29.2 Å². The van der Waals surface area contributed by atoms with Crippen molar-refractivity contribution < 1.29 is 14.6 Å². The minimum Gasteiger partial charge on any atom is -0.494 e. The number of nitrogens with zero attached hydrogens (tertiary/aromatic N) is 2. The van der Waals surface area contributed by atoms with E-state index in [4.69, 9.17) is 21.4 Å². The van der Waals surface area contributed by atoms with Crippen molar-refractivity contribution in [2.75, 3.05) is 7.11 Å². The molecule has 1 aromatic carbocycles. The van der Waals surface area contributed by atoms with Crippen molar-refractivity contribution in [1.82, 2.24) is 9.97 Å². The molecule has 0 bridgehead atoms. The highest BCUT2D eigenvalue weighted by Gasteiger charge is 2.13. The quantitative estimate of drug-likeness (QED) is 0.810. The zero-order valence-electron chi connectivity index (χ0n) is 8.27. The van der Waals surface area contributed by atoms with Gasteiger partial charge in [-0.1, -0.05) is 17.7 Å². The van der Waals surface area contributed by atoms with Crippen molar-refractivity contribution in [2.24, 2.45) is 0 Å². The molecule has 2 aromatic rings. The first-order valence-electron chi connectivity index (χ1n) is 4.37. The third-order valence-electron chi connectivity index (χ3n) is 2.05. The lowest BCUT2D eigenvalue weighted by molar-refractivity contribution is 0.0684. The van der Waals surface area contributed by atoms with Crippen LogP contribution in [0.25, 0.3) is 10.9 Å². The molecule has 0 fully saturated rings. The largest absolute Gasteiger partial charge is 0.494 e. The molecule has 0 unspecified atom stereocenters. The van der Waals surface area contributed by atoms with Crippen LogP contribution >= 0.6 is 11.6 Å². The number of carboxylic acid groups (broad SMARTS) is 1. The third kappa shape index (κ3) is 1.65. The van der Waals surface area contributed by atoms with Gasteiger partial charge in [0.1, 0.15) is 16.4 Å².